The Bertz CT molecular complexity index is 1290. The van der Waals surface area contributed by atoms with Gasteiger partial charge in [0.1, 0.15) is 29.7 Å². The van der Waals surface area contributed by atoms with E-state index in [1.54, 1.807) is 0 Å². The van der Waals surface area contributed by atoms with Crippen LogP contribution in [0.5, 0.6) is 11.5 Å². The van der Waals surface area contributed by atoms with E-state index in [9.17, 15) is 4.79 Å². The largest absolute Gasteiger partial charge is 1.00 e. The summed E-state index contributed by atoms with van der Waals surface area (Å²) in [5, 5.41) is 11.9. The minimum atomic E-state index is -1.04. The van der Waals surface area contributed by atoms with E-state index in [2.05, 4.69) is 48.1 Å². The van der Waals surface area contributed by atoms with Gasteiger partial charge in [-0.15, -0.1) is 11.3 Å². The molecule has 0 aliphatic rings. The second-order valence-electron chi connectivity index (χ2n) is 8.96. The van der Waals surface area contributed by atoms with Gasteiger partial charge in [0.2, 0.25) is 0 Å². The van der Waals surface area contributed by atoms with Crippen molar-refractivity contribution in [2.75, 3.05) is 0 Å². The molecule has 2 aromatic carbocycles. The maximum Gasteiger partial charge on any atom is 1.00 e. The molecule has 0 saturated heterocycles. The number of hydrogen-bond donors (Lipinski definition) is 1. The number of carbonyl (C=O) groups is 1. The van der Waals surface area contributed by atoms with Crippen molar-refractivity contribution < 1.29 is 50.4 Å². The Hall–Kier alpha value is -2.71. The molecule has 0 fully saturated rings. The molecule has 6 nitrogen and oxygen atoms in total. The third-order valence-corrected chi connectivity index (χ3v) is 6.98. The van der Waals surface area contributed by atoms with Crippen molar-refractivity contribution in [2.24, 2.45) is 0 Å². The van der Waals surface area contributed by atoms with Gasteiger partial charge < -0.3 is 16.0 Å². The van der Waals surface area contributed by atoms with Crippen molar-refractivity contribution in [1.29, 1.82) is 0 Å². The molecule has 0 aliphatic carbocycles. The maximum atomic E-state index is 11.1. The van der Waals surface area contributed by atoms with Crippen LogP contribution in [0.4, 0.5) is 0 Å². The first-order valence-electron chi connectivity index (χ1n) is 12.6. The molecular weight excluding hydrogens is 507 g/mol. The van der Waals surface area contributed by atoms with Crippen molar-refractivity contribution in [2.45, 2.75) is 58.7 Å². The minimum Gasteiger partial charge on any atom is -1.00 e. The van der Waals surface area contributed by atoms with Crippen LogP contribution < -0.4 is 39.0 Å². The zero-order chi connectivity index (χ0) is 26.0. The second-order valence-corrected chi connectivity index (χ2v) is 9.90. The fourth-order valence-corrected chi connectivity index (χ4v) is 4.93. The van der Waals surface area contributed by atoms with Gasteiger partial charge in [-0.3, -0.25) is 4.98 Å². The fraction of sp³-hybridized carbons (Fsp3) is 0.300. The van der Waals surface area contributed by atoms with Gasteiger partial charge in [0.15, 0.2) is 0 Å². The first-order valence-corrected chi connectivity index (χ1v) is 13.5. The number of carboxylic acid groups (broad SMARTS) is 1. The summed E-state index contributed by atoms with van der Waals surface area (Å²) in [6.45, 7) is 5.28. The molecule has 0 saturated carbocycles. The van der Waals surface area contributed by atoms with Crippen LogP contribution in [0.3, 0.4) is 0 Å². The molecule has 0 amide bonds. The average Bonchev–Trinajstić information content (AvgIpc) is 3.40. The number of pyridine rings is 1. The van der Waals surface area contributed by atoms with Gasteiger partial charge in [-0.2, -0.15) is 0 Å². The Balaban J connectivity index is 0.00000267. The van der Waals surface area contributed by atoms with Crippen molar-refractivity contribution in [3.63, 3.8) is 0 Å². The smallest absolute Gasteiger partial charge is 1.00 e. The van der Waals surface area contributed by atoms with Gasteiger partial charge in [0.05, 0.1) is 17.5 Å². The van der Waals surface area contributed by atoms with Crippen LogP contribution in [0, 0.1) is 0 Å². The predicted molar refractivity (Wildman–Crippen MR) is 148 cm³/mol. The van der Waals surface area contributed by atoms with Crippen LogP contribution in [0.15, 0.2) is 72.4 Å². The molecule has 194 valence electrons. The summed E-state index contributed by atoms with van der Waals surface area (Å²) < 4.78 is 11.7. The number of rotatable bonds is 13. The van der Waals surface area contributed by atoms with E-state index in [0.29, 0.717) is 18.3 Å². The molecule has 2 aromatic heterocycles. The number of hydrogen-bond acceptors (Lipinski definition) is 6. The standard InChI is InChI=1S/C30H32N2O4S.Na.H/c1-3-5-22(6-4-2)23-9-7-21(8-10-23)18-35-26-13-11-24(12-14-26)28-20-37-29(32-28)19-36-27-15-25(30(33)34)16-31-17-27;;/h7-17,20,22H,3-6,18-19H2,1-2H3,(H,33,34);;/q;+1;-1. The van der Waals surface area contributed by atoms with Crippen LogP contribution >= 0.6 is 11.3 Å². The molecule has 0 aliphatic heterocycles. The number of ether oxygens (including phenoxy) is 2. The number of aromatic nitrogens is 2. The predicted octanol–water partition coefficient (Wildman–Crippen LogP) is 4.86. The second kappa shape index (κ2) is 15.0. The number of nitrogens with zero attached hydrogens (tertiary/aromatic N) is 2. The van der Waals surface area contributed by atoms with Gasteiger partial charge in [0.25, 0.3) is 0 Å². The first-order chi connectivity index (χ1) is 18.1. The topological polar surface area (TPSA) is 81.5 Å². The molecule has 0 bridgehead atoms. The van der Waals surface area contributed by atoms with Crippen molar-refractivity contribution in [3.8, 4) is 22.8 Å². The molecule has 4 aromatic rings. The van der Waals surface area contributed by atoms with E-state index >= 15 is 0 Å². The summed E-state index contributed by atoms with van der Waals surface area (Å²) in [7, 11) is 0. The van der Waals surface area contributed by atoms with Crippen molar-refractivity contribution >= 4 is 17.3 Å². The third kappa shape index (κ3) is 8.40. The van der Waals surface area contributed by atoms with Gasteiger partial charge in [-0.1, -0.05) is 51.0 Å². The van der Waals surface area contributed by atoms with Crippen LogP contribution in [-0.2, 0) is 13.2 Å². The third-order valence-electron chi connectivity index (χ3n) is 6.16. The number of aromatic carboxylic acids is 1. The zero-order valence-electron chi connectivity index (χ0n) is 23.2. The summed E-state index contributed by atoms with van der Waals surface area (Å²) >= 11 is 1.49. The van der Waals surface area contributed by atoms with E-state index in [0.717, 1.165) is 27.6 Å². The Labute approximate surface area is 251 Å². The van der Waals surface area contributed by atoms with Crippen LogP contribution in [0.2, 0.25) is 0 Å². The molecule has 0 radical (unpaired) electrons. The SMILES string of the molecule is CCCC(CCC)c1ccc(COc2ccc(-c3csc(COc4cncc(C(=O)O)c4)n3)cc2)cc1.[H-].[Na+]. The fourth-order valence-electron chi connectivity index (χ4n) is 4.22. The van der Waals surface area contributed by atoms with E-state index in [-0.39, 0.29) is 43.2 Å². The monoisotopic (exact) mass is 540 g/mol. The normalized spacial score (nSPS) is 10.7. The van der Waals surface area contributed by atoms with Gasteiger partial charge in [-0.25, -0.2) is 9.78 Å². The minimum absolute atomic E-state index is 0. The number of benzene rings is 2. The summed E-state index contributed by atoms with van der Waals surface area (Å²) in [5.41, 5.74) is 4.52. The van der Waals surface area contributed by atoms with Crippen molar-refractivity contribution in [1.82, 2.24) is 9.97 Å². The van der Waals surface area contributed by atoms with E-state index in [1.165, 1.54) is 61.0 Å². The Morgan fingerprint density at radius 2 is 1.63 bits per heavy atom. The van der Waals surface area contributed by atoms with Gasteiger partial charge >= 0.3 is 35.5 Å². The summed E-state index contributed by atoms with van der Waals surface area (Å²) in [6.07, 6.45) is 7.68. The molecule has 0 atom stereocenters. The summed E-state index contributed by atoms with van der Waals surface area (Å²) in [6, 6.07) is 18.2. The van der Waals surface area contributed by atoms with E-state index < -0.39 is 5.97 Å². The number of thiazole rings is 1. The van der Waals surface area contributed by atoms with Crippen LogP contribution in [-0.4, -0.2) is 21.0 Å². The molecule has 0 spiro atoms. The molecule has 38 heavy (non-hydrogen) atoms. The van der Waals surface area contributed by atoms with E-state index in [4.69, 9.17) is 14.6 Å². The first kappa shape index (κ1) is 29.8. The summed E-state index contributed by atoms with van der Waals surface area (Å²) in [5.74, 6) is 0.819. The maximum absolute atomic E-state index is 11.1. The number of carboxylic acids is 1. The molecule has 1 N–H and O–H groups in total. The van der Waals surface area contributed by atoms with Gasteiger partial charge in [0, 0.05) is 17.1 Å². The molecule has 2 heterocycles. The summed E-state index contributed by atoms with van der Waals surface area (Å²) in [4.78, 5) is 19.6. The molecule has 0 unspecified atom stereocenters. The van der Waals surface area contributed by atoms with Crippen LogP contribution in [0.1, 0.15) is 73.4 Å². The average molecular weight is 541 g/mol. The molecular formula is C30H33N2NaO4S. The van der Waals surface area contributed by atoms with E-state index in [1.807, 2.05) is 29.6 Å². The quantitative estimate of drug-likeness (QED) is 0.244. The Morgan fingerprint density at radius 1 is 0.947 bits per heavy atom. The van der Waals surface area contributed by atoms with Crippen molar-refractivity contribution in [3.05, 3.63) is 94.1 Å². The molecule has 8 heteroatoms. The Kier molecular flexibility index (Phi) is 11.8. The zero-order valence-corrected chi connectivity index (χ0v) is 25.0. The van der Waals surface area contributed by atoms with Gasteiger partial charge in [-0.05, 0) is 60.2 Å². The Morgan fingerprint density at radius 3 is 2.29 bits per heavy atom. The molecule has 4 rings (SSSR count). The van der Waals surface area contributed by atoms with Crippen LogP contribution in [0.25, 0.3) is 11.3 Å².